The predicted molar refractivity (Wildman–Crippen MR) is 68.0 cm³/mol. The van der Waals surface area contributed by atoms with Gasteiger partial charge in [-0.1, -0.05) is 12.8 Å². The first-order valence-corrected chi connectivity index (χ1v) is 7.24. The van der Waals surface area contributed by atoms with Crippen LogP contribution in [0.3, 0.4) is 0 Å². The summed E-state index contributed by atoms with van der Waals surface area (Å²) in [6.45, 7) is 5.81. The molecule has 2 aliphatic carbocycles. The molecule has 0 N–H and O–H groups in total. The standard InChI is InChI=1S/C14H24N2O/c17-12-14(5-1-2-6-14)11-15-7-9-16(10-8-15)13-3-4-13/h12-13H,1-11H2. The monoisotopic (exact) mass is 236 g/mol. The minimum absolute atomic E-state index is 0.0156. The maximum Gasteiger partial charge on any atom is 0.127 e. The van der Waals surface area contributed by atoms with Crippen molar-refractivity contribution in [3.05, 3.63) is 0 Å². The summed E-state index contributed by atoms with van der Waals surface area (Å²) < 4.78 is 0. The van der Waals surface area contributed by atoms with E-state index in [1.54, 1.807) is 0 Å². The van der Waals surface area contributed by atoms with E-state index in [-0.39, 0.29) is 5.41 Å². The van der Waals surface area contributed by atoms with E-state index >= 15 is 0 Å². The first-order chi connectivity index (χ1) is 8.31. The van der Waals surface area contributed by atoms with Crippen LogP contribution in [0.2, 0.25) is 0 Å². The van der Waals surface area contributed by atoms with Crippen molar-refractivity contribution in [1.29, 1.82) is 0 Å². The molecule has 0 aromatic carbocycles. The van der Waals surface area contributed by atoms with E-state index in [2.05, 4.69) is 9.80 Å². The number of hydrogen-bond acceptors (Lipinski definition) is 3. The van der Waals surface area contributed by atoms with Crippen LogP contribution in [0, 0.1) is 5.41 Å². The zero-order chi connectivity index (χ0) is 11.7. The van der Waals surface area contributed by atoms with Crippen molar-refractivity contribution in [3.63, 3.8) is 0 Å². The van der Waals surface area contributed by atoms with Crippen molar-refractivity contribution < 1.29 is 4.79 Å². The Hall–Kier alpha value is -0.410. The van der Waals surface area contributed by atoms with Crippen molar-refractivity contribution in [1.82, 2.24) is 9.80 Å². The van der Waals surface area contributed by atoms with Crippen molar-refractivity contribution in [2.75, 3.05) is 32.7 Å². The van der Waals surface area contributed by atoms with Crippen molar-refractivity contribution in [3.8, 4) is 0 Å². The number of aldehydes is 1. The molecule has 0 unspecified atom stereocenters. The zero-order valence-electron chi connectivity index (χ0n) is 10.7. The summed E-state index contributed by atoms with van der Waals surface area (Å²) in [4.78, 5) is 16.5. The van der Waals surface area contributed by atoms with Gasteiger partial charge in [-0.3, -0.25) is 9.80 Å². The SMILES string of the molecule is O=CC1(CN2CCN(C3CC3)CC2)CCCC1. The molecular formula is C14H24N2O. The molecule has 0 spiro atoms. The first kappa shape index (κ1) is 11.7. The predicted octanol–water partition coefficient (Wildman–Crippen LogP) is 1.53. The molecule has 1 saturated heterocycles. The Balaban J connectivity index is 1.50. The molecule has 3 aliphatic rings. The zero-order valence-corrected chi connectivity index (χ0v) is 10.7. The fraction of sp³-hybridized carbons (Fsp3) is 0.929. The highest BCUT2D eigenvalue weighted by Gasteiger charge is 2.37. The number of piperazine rings is 1. The van der Waals surface area contributed by atoms with Crippen molar-refractivity contribution in [2.24, 2.45) is 5.41 Å². The number of hydrogen-bond donors (Lipinski definition) is 0. The molecule has 0 aromatic rings. The number of carbonyl (C=O) groups is 1. The van der Waals surface area contributed by atoms with Gasteiger partial charge >= 0.3 is 0 Å². The van der Waals surface area contributed by atoms with E-state index in [0.29, 0.717) is 0 Å². The molecule has 3 heteroatoms. The van der Waals surface area contributed by atoms with Crippen LogP contribution in [0.15, 0.2) is 0 Å². The van der Waals surface area contributed by atoms with E-state index in [4.69, 9.17) is 0 Å². The maximum absolute atomic E-state index is 11.3. The van der Waals surface area contributed by atoms with Gasteiger partial charge < -0.3 is 4.79 Å². The summed E-state index contributed by atoms with van der Waals surface area (Å²) >= 11 is 0. The summed E-state index contributed by atoms with van der Waals surface area (Å²) in [6, 6.07) is 0.906. The van der Waals surface area contributed by atoms with Crippen LogP contribution >= 0.6 is 0 Å². The number of carbonyl (C=O) groups excluding carboxylic acids is 1. The Labute approximate surface area is 104 Å². The molecule has 96 valence electrons. The summed E-state index contributed by atoms with van der Waals surface area (Å²) in [7, 11) is 0. The average molecular weight is 236 g/mol. The Morgan fingerprint density at radius 1 is 1.06 bits per heavy atom. The quantitative estimate of drug-likeness (QED) is 0.692. The number of nitrogens with zero attached hydrogens (tertiary/aromatic N) is 2. The lowest BCUT2D eigenvalue weighted by Crippen LogP contribution is -2.50. The van der Waals surface area contributed by atoms with Gasteiger partial charge in [0.1, 0.15) is 6.29 Å². The van der Waals surface area contributed by atoms with Crippen LogP contribution in [0.4, 0.5) is 0 Å². The van der Waals surface area contributed by atoms with Gasteiger partial charge in [0.25, 0.3) is 0 Å². The highest BCUT2D eigenvalue weighted by molar-refractivity contribution is 5.60. The van der Waals surface area contributed by atoms with Crippen molar-refractivity contribution >= 4 is 6.29 Å². The van der Waals surface area contributed by atoms with Crippen LogP contribution in [-0.4, -0.2) is 54.9 Å². The average Bonchev–Trinajstić information content (AvgIpc) is 3.11. The summed E-state index contributed by atoms with van der Waals surface area (Å²) in [5.74, 6) is 0. The van der Waals surface area contributed by atoms with Gasteiger partial charge in [0, 0.05) is 44.2 Å². The number of rotatable bonds is 4. The van der Waals surface area contributed by atoms with Gasteiger partial charge in [-0.2, -0.15) is 0 Å². The maximum atomic E-state index is 11.3. The van der Waals surface area contributed by atoms with Crippen LogP contribution in [-0.2, 0) is 4.79 Å². The van der Waals surface area contributed by atoms with Crippen LogP contribution < -0.4 is 0 Å². The third kappa shape index (κ3) is 2.55. The molecule has 0 atom stereocenters. The third-order valence-corrected chi connectivity index (χ3v) is 4.86. The first-order valence-electron chi connectivity index (χ1n) is 7.24. The second-order valence-electron chi connectivity index (χ2n) is 6.23. The van der Waals surface area contributed by atoms with Gasteiger partial charge in [-0.05, 0) is 25.7 Å². The minimum Gasteiger partial charge on any atom is -0.303 e. The molecular weight excluding hydrogens is 212 g/mol. The van der Waals surface area contributed by atoms with E-state index < -0.39 is 0 Å². The fourth-order valence-corrected chi connectivity index (χ4v) is 3.56. The highest BCUT2D eigenvalue weighted by atomic mass is 16.1. The molecule has 3 fully saturated rings. The summed E-state index contributed by atoms with van der Waals surface area (Å²) in [5.41, 5.74) is 0.0156. The Bertz CT molecular complexity index is 274. The second kappa shape index (κ2) is 4.69. The lowest BCUT2D eigenvalue weighted by molar-refractivity contribution is -0.117. The third-order valence-electron chi connectivity index (χ3n) is 4.86. The lowest BCUT2D eigenvalue weighted by Gasteiger charge is -2.38. The van der Waals surface area contributed by atoms with Gasteiger partial charge in [0.2, 0.25) is 0 Å². The summed E-state index contributed by atoms with van der Waals surface area (Å²) in [6.07, 6.45) is 8.84. The van der Waals surface area contributed by atoms with Gasteiger partial charge in [0.05, 0.1) is 0 Å². The van der Waals surface area contributed by atoms with Crippen LogP contribution in [0.5, 0.6) is 0 Å². The molecule has 0 radical (unpaired) electrons. The second-order valence-corrected chi connectivity index (χ2v) is 6.23. The highest BCUT2D eigenvalue weighted by Crippen LogP contribution is 2.37. The molecule has 2 saturated carbocycles. The molecule has 1 aliphatic heterocycles. The van der Waals surface area contributed by atoms with E-state index in [1.165, 1.54) is 58.1 Å². The Morgan fingerprint density at radius 3 is 2.24 bits per heavy atom. The van der Waals surface area contributed by atoms with Gasteiger partial charge in [0.15, 0.2) is 0 Å². The molecule has 17 heavy (non-hydrogen) atoms. The normalized spacial score (nSPS) is 30.6. The van der Waals surface area contributed by atoms with E-state index in [0.717, 1.165) is 25.4 Å². The summed E-state index contributed by atoms with van der Waals surface area (Å²) in [5, 5.41) is 0. The Morgan fingerprint density at radius 2 is 1.71 bits per heavy atom. The van der Waals surface area contributed by atoms with Gasteiger partial charge in [-0.25, -0.2) is 0 Å². The fourth-order valence-electron chi connectivity index (χ4n) is 3.56. The van der Waals surface area contributed by atoms with E-state index in [1.807, 2.05) is 0 Å². The van der Waals surface area contributed by atoms with Gasteiger partial charge in [-0.15, -0.1) is 0 Å². The lowest BCUT2D eigenvalue weighted by atomic mass is 9.87. The largest absolute Gasteiger partial charge is 0.303 e. The smallest absolute Gasteiger partial charge is 0.127 e. The molecule has 0 amide bonds. The van der Waals surface area contributed by atoms with E-state index in [9.17, 15) is 4.79 Å². The van der Waals surface area contributed by atoms with Crippen LogP contribution in [0.25, 0.3) is 0 Å². The topological polar surface area (TPSA) is 23.6 Å². The van der Waals surface area contributed by atoms with Crippen molar-refractivity contribution in [2.45, 2.75) is 44.6 Å². The minimum atomic E-state index is 0.0156. The molecule has 1 heterocycles. The molecule has 0 aromatic heterocycles. The Kier molecular flexibility index (Phi) is 3.22. The molecule has 3 rings (SSSR count). The molecule has 0 bridgehead atoms. The molecule has 3 nitrogen and oxygen atoms in total. The van der Waals surface area contributed by atoms with Crippen LogP contribution in [0.1, 0.15) is 38.5 Å².